The molecule has 0 amide bonds. The molecule has 3 rings (SSSR count). The third kappa shape index (κ3) is 2.99. The van der Waals surface area contributed by atoms with Gasteiger partial charge in [0.2, 0.25) is 0 Å². The highest BCUT2D eigenvalue weighted by molar-refractivity contribution is 5.60. The molecule has 0 aliphatic carbocycles. The quantitative estimate of drug-likeness (QED) is 0.922. The Morgan fingerprint density at radius 2 is 1.85 bits per heavy atom. The van der Waals surface area contributed by atoms with E-state index in [0.717, 1.165) is 18.7 Å². The summed E-state index contributed by atoms with van der Waals surface area (Å²) in [7, 11) is 0. The first kappa shape index (κ1) is 13.1. The van der Waals surface area contributed by atoms with Gasteiger partial charge in [-0.3, -0.25) is 19.6 Å². The van der Waals surface area contributed by atoms with Gasteiger partial charge in [-0.15, -0.1) is 0 Å². The number of nitrogens with zero attached hydrogens (tertiary/aromatic N) is 3. The van der Waals surface area contributed by atoms with E-state index in [2.05, 4.69) is 15.0 Å². The minimum atomic E-state index is -0.0326. The maximum atomic E-state index is 12.0. The molecule has 0 radical (unpaired) electrons. The predicted molar refractivity (Wildman–Crippen MR) is 78.6 cm³/mol. The molecule has 2 aromatic rings. The van der Waals surface area contributed by atoms with Gasteiger partial charge < -0.3 is 4.90 Å². The van der Waals surface area contributed by atoms with Crippen LogP contribution in [0.25, 0.3) is 11.1 Å². The molecular formula is C15H20N4O. The zero-order valence-electron chi connectivity index (χ0n) is 11.6. The van der Waals surface area contributed by atoms with Crippen molar-refractivity contribution < 1.29 is 0 Å². The molecule has 106 valence electrons. The standard InChI is InChI=1S/C15H20N4O/c20-15-14(13-4-6-16-7-5-13)12-19(17-15)11-10-18-8-2-1-3-9-18/h4-7,12H,1-3,8-11H2,(H,17,20). The Bertz CT molecular complexity index is 596. The lowest BCUT2D eigenvalue weighted by Crippen LogP contribution is -2.32. The predicted octanol–water partition coefficient (Wildman–Crippen LogP) is 1.72. The molecule has 0 unspecified atom stereocenters. The van der Waals surface area contributed by atoms with E-state index in [4.69, 9.17) is 0 Å². The van der Waals surface area contributed by atoms with Gasteiger partial charge in [0, 0.05) is 25.1 Å². The third-order valence-electron chi connectivity index (χ3n) is 3.87. The van der Waals surface area contributed by atoms with E-state index < -0.39 is 0 Å². The van der Waals surface area contributed by atoms with Crippen molar-refractivity contribution in [1.29, 1.82) is 0 Å². The lowest BCUT2D eigenvalue weighted by molar-refractivity contribution is 0.218. The average molecular weight is 272 g/mol. The number of likely N-dealkylation sites (tertiary alicyclic amines) is 1. The molecule has 1 saturated heterocycles. The first-order valence-electron chi connectivity index (χ1n) is 7.25. The Hall–Kier alpha value is -1.88. The second-order valence-corrected chi connectivity index (χ2v) is 5.32. The highest BCUT2D eigenvalue weighted by Gasteiger charge is 2.11. The minimum absolute atomic E-state index is 0.0326. The van der Waals surface area contributed by atoms with Crippen LogP contribution in [0.1, 0.15) is 19.3 Å². The average Bonchev–Trinajstić information content (AvgIpc) is 2.88. The van der Waals surface area contributed by atoms with E-state index >= 15 is 0 Å². The molecule has 5 heteroatoms. The van der Waals surface area contributed by atoms with Crippen molar-refractivity contribution in [3.8, 4) is 11.1 Å². The van der Waals surface area contributed by atoms with Crippen molar-refractivity contribution in [1.82, 2.24) is 19.7 Å². The van der Waals surface area contributed by atoms with Crippen molar-refractivity contribution in [2.75, 3.05) is 19.6 Å². The summed E-state index contributed by atoms with van der Waals surface area (Å²) in [5.74, 6) is 0. The highest BCUT2D eigenvalue weighted by atomic mass is 16.1. The first-order valence-corrected chi connectivity index (χ1v) is 7.25. The number of aromatic nitrogens is 3. The maximum absolute atomic E-state index is 12.0. The SMILES string of the molecule is O=c1[nH]n(CCN2CCCCC2)cc1-c1ccncc1. The van der Waals surface area contributed by atoms with Gasteiger partial charge in [0.25, 0.3) is 5.56 Å². The number of rotatable bonds is 4. The fraction of sp³-hybridized carbons (Fsp3) is 0.467. The van der Waals surface area contributed by atoms with Gasteiger partial charge in [0.15, 0.2) is 0 Å². The van der Waals surface area contributed by atoms with Crippen molar-refractivity contribution in [3.63, 3.8) is 0 Å². The monoisotopic (exact) mass is 272 g/mol. The van der Waals surface area contributed by atoms with E-state index in [9.17, 15) is 4.79 Å². The number of pyridine rings is 1. The largest absolute Gasteiger partial charge is 0.302 e. The fourth-order valence-electron chi connectivity index (χ4n) is 2.73. The molecule has 2 aromatic heterocycles. The second kappa shape index (κ2) is 6.05. The van der Waals surface area contributed by atoms with Gasteiger partial charge in [0.05, 0.1) is 12.1 Å². The number of hydrogen-bond donors (Lipinski definition) is 1. The molecule has 1 N–H and O–H groups in total. The van der Waals surface area contributed by atoms with Gasteiger partial charge >= 0.3 is 0 Å². The summed E-state index contributed by atoms with van der Waals surface area (Å²) in [6.07, 6.45) is 9.26. The van der Waals surface area contributed by atoms with Crippen molar-refractivity contribution in [2.45, 2.75) is 25.8 Å². The Labute approximate surface area is 118 Å². The minimum Gasteiger partial charge on any atom is -0.302 e. The van der Waals surface area contributed by atoms with Gasteiger partial charge in [-0.25, -0.2) is 0 Å². The van der Waals surface area contributed by atoms with E-state index in [1.54, 1.807) is 12.4 Å². The lowest BCUT2D eigenvalue weighted by Gasteiger charge is -2.26. The number of piperidine rings is 1. The smallest absolute Gasteiger partial charge is 0.271 e. The molecule has 5 nitrogen and oxygen atoms in total. The lowest BCUT2D eigenvalue weighted by atomic mass is 10.1. The van der Waals surface area contributed by atoms with Crippen molar-refractivity contribution in [3.05, 3.63) is 41.1 Å². The number of hydrogen-bond acceptors (Lipinski definition) is 3. The Kier molecular flexibility index (Phi) is 3.97. The Balaban J connectivity index is 1.68. The van der Waals surface area contributed by atoms with Crippen LogP contribution >= 0.6 is 0 Å². The molecule has 0 aromatic carbocycles. The molecular weight excluding hydrogens is 252 g/mol. The Morgan fingerprint density at radius 3 is 2.60 bits per heavy atom. The summed E-state index contributed by atoms with van der Waals surface area (Å²) < 4.78 is 1.90. The fourth-order valence-corrected chi connectivity index (χ4v) is 2.73. The van der Waals surface area contributed by atoms with Gasteiger partial charge in [-0.05, 0) is 43.6 Å². The summed E-state index contributed by atoms with van der Waals surface area (Å²) >= 11 is 0. The van der Waals surface area contributed by atoms with Crippen molar-refractivity contribution in [2.24, 2.45) is 0 Å². The summed E-state index contributed by atoms with van der Waals surface area (Å²) in [6.45, 7) is 4.20. The van der Waals surface area contributed by atoms with Crippen LogP contribution in [0.4, 0.5) is 0 Å². The van der Waals surface area contributed by atoms with Gasteiger partial charge in [0.1, 0.15) is 0 Å². The highest BCUT2D eigenvalue weighted by Crippen LogP contribution is 2.13. The number of H-pyrrole nitrogens is 1. The molecule has 1 aliphatic heterocycles. The molecule has 1 aliphatic rings. The summed E-state index contributed by atoms with van der Waals surface area (Å²) in [5, 5.41) is 2.90. The molecule has 20 heavy (non-hydrogen) atoms. The molecule has 0 spiro atoms. The molecule has 0 bridgehead atoms. The summed E-state index contributed by atoms with van der Waals surface area (Å²) in [6, 6.07) is 3.72. The first-order chi connectivity index (χ1) is 9.83. The van der Waals surface area contributed by atoms with Crippen LogP contribution in [-0.2, 0) is 6.54 Å². The van der Waals surface area contributed by atoms with E-state index in [1.807, 2.05) is 23.0 Å². The molecule has 0 atom stereocenters. The van der Waals surface area contributed by atoms with Crippen LogP contribution in [-0.4, -0.2) is 39.3 Å². The second-order valence-electron chi connectivity index (χ2n) is 5.32. The van der Waals surface area contributed by atoms with Crippen LogP contribution < -0.4 is 5.56 Å². The van der Waals surface area contributed by atoms with Crippen LogP contribution in [0.2, 0.25) is 0 Å². The van der Waals surface area contributed by atoms with E-state index in [-0.39, 0.29) is 5.56 Å². The maximum Gasteiger partial charge on any atom is 0.271 e. The van der Waals surface area contributed by atoms with Crippen molar-refractivity contribution >= 4 is 0 Å². The third-order valence-corrected chi connectivity index (χ3v) is 3.87. The van der Waals surface area contributed by atoms with Gasteiger partial charge in [-0.2, -0.15) is 0 Å². The zero-order chi connectivity index (χ0) is 13.8. The summed E-state index contributed by atoms with van der Waals surface area (Å²) in [4.78, 5) is 18.4. The van der Waals surface area contributed by atoms with Crippen LogP contribution in [0.3, 0.4) is 0 Å². The zero-order valence-corrected chi connectivity index (χ0v) is 11.6. The molecule has 1 fully saturated rings. The van der Waals surface area contributed by atoms with E-state index in [0.29, 0.717) is 5.56 Å². The Morgan fingerprint density at radius 1 is 1.10 bits per heavy atom. The van der Waals surface area contributed by atoms with Crippen LogP contribution in [0, 0.1) is 0 Å². The number of aromatic amines is 1. The van der Waals surface area contributed by atoms with Gasteiger partial charge in [-0.1, -0.05) is 6.42 Å². The molecule has 0 saturated carbocycles. The van der Waals surface area contributed by atoms with Crippen LogP contribution in [0.15, 0.2) is 35.5 Å². The topological polar surface area (TPSA) is 53.9 Å². The summed E-state index contributed by atoms with van der Waals surface area (Å²) in [5.41, 5.74) is 1.60. The molecule has 3 heterocycles. The van der Waals surface area contributed by atoms with Crippen LogP contribution in [0.5, 0.6) is 0 Å². The normalized spacial score (nSPS) is 16.4. The number of nitrogens with one attached hydrogen (secondary N) is 1. The van der Waals surface area contributed by atoms with E-state index in [1.165, 1.54) is 32.4 Å².